The lowest BCUT2D eigenvalue weighted by atomic mass is 10.3. The average molecular weight is 393 g/mol. The molecule has 6 nitrogen and oxygen atoms in total. The Bertz CT molecular complexity index is 374. The Morgan fingerprint density at radius 1 is 0.923 bits per heavy atom. The molecule has 1 saturated heterocycles. The molecule has 0 aromatic heterocycles. The Kier molecular flexibility index (Phi) is 10.2. The summed E-state index contributed by atoms with van der Waals surface area (Å²) in [6, 6.07) is 0. The van der Waals surface area contributed by atoms with Crippen molar-refractivity contribution in [2.75, 3.05) is 13.2 Å². The Hall–Kier alpha value is -0.0231. The minimum atomic E-state index is -2.57. The Morgan fingerprint density at radius 3 is 1.85 bits per heavy atom. The summed E-state index contributed by atoms with van der Waals surface area (Å²) in [6.45, 7) is 17.6. The number of ether oxygens (including phenoxy) is 4. The second-order valence-corrected chi connectivity index (χ2v) is 10.6. The SMILES string of the molecule is CCC(OC(CC)[Si](C)(OC(C)C)OC(C)C)OC1(CC)OCCCO1. The summed E-state index contributed by atoms with van der Waals surface area (Å²) in [5.74, 6) is -1.01. The summed E-state index contributed by atoms with van der Waals surface area (Å²) in [5.41, 5.74) is -0.144. The highest BCUT2D eigenvalue weighted by atomic mass is 28.4. The van der Waals surface area contributed by atoms with Crippen molar-refractivity contribution in [1.82, 2.24) is 0 Å². The first-order chi connectivity index (χ1) is 12.2. The van der Waals surface area contributed by atoms with Gasteiger partial charge < -0.3 is 23.1 Å². The van der Waals surface area contributed by atoms with E-state index in [-0.39, 0.29) is 17.9 Å². The first-order valence-electron chi connectivity index (χ1n) is 10.2. The highest BCUT2D eigenvalue weighted by molar-refractivity contribution is 6.67. The van der Waals surface area contributed by atoms with Crippen LogP contribution >= 0.6 is 0 Å². The number of rotatable bonds is 12. The van der Waals surface area contributed by atoms with E-state index in [0.717, 1.165) is 12.8 Å². The van der Waals surface area contributed by atoms with Crippen LogP contribution in [-0.2, 0) is 27.8 Å². The molecule has 0 bridgehead atoms. The fourth-order valence-corrected chi connectivity index (χ4v) is 6.58. The van der Waals surface area contributed by atoms with Crippen LogP contribution < -0.4 is 0 Å². The molecule has 7 heteroatoms. The molecule has 0 aromatic carbocycles. The number of hydrogen-bond acceptors (Lipinski definition) is 6. The molecular formula is C19H40O6Si. The van der Waals surface area contributed by atoms with E-state index >= 15 is 0 Å². The topological polar surface area (TPSA) is 55.4 Å². The van der Waals surface area contributed by atoms with E-state index < -0.39 is 20.8 Å². The molecule has 0 aromatic rings. The Morgan fingerprint density at radius 2 is 1.46 bits per heavy atom. The third kappa shape index (κ3) is 7.18. The van der Waals surface area contributed by atoms with Crippen LogP contribution in [-0.4, -0.2) is 52.0 Å². The summed E-state index contributed by atoms with van der Waals surface area (Å²) in [4.78, 5) is 0. The van der Waals surface area contributed by atoms with Crippen molar-refractivity contribution in [3.8, 4) is 0 Å². The molecular weight excluding hydrogens is 352 g/mol. The summed E-state index contributed by atoms with van der Waals surface area (Å²) >= 11 is 0. The summed E-state index contributed by atoms with van der Waals surface area (Å²) in [7, 11) is -2.57. The van der Waals surface area contributed by atoms with Crippen molar-refractivity contribution in [2.45, 2.75) is 111 Å². The molecule has 0 aliphatic carbocycles. The van der Waals surface area contributed by atoms with Gasteiger partial charge in [0.2, 0.25) is 0 Å². The molecule has 2 unspecified atom stereocenters. The molecule has 2 atom stereocenters. The fraction of sp³-hybridized carbons (Fsp3) is 1.00. The van der Waals surface area contributed by atoms with Crippen LogP contribution in [0, 0.1) is 0 Å². The zero-order chi connectivity index (χ0) is 19.8. The van der Waals surface area contributed by atoms with Crippen LogP contribution in [0.25, 0.3) is 0 Å². The minimum Gasteiger partial charge on any atom is -0.390 e. The maximum atomic E-state index is 6.37. The van der Waals surface area contributed by atoms with Gasteiger partial charge in [0.25, 0.3) is 5.97 Å². The quantitative estimate of drug-likeness (QED) is 0.360. The van der Waals surface area contributed by atoms with Gasteiger partial charge in [-0.3, -0.25) is 4.74 Å². The van der Waals surface area contributed by atoms with Crippen LogP contribution in [0.5, 0.6) is 0 Å². The highest BCUT2D eigenvalue weighted by Crippen LogP contribution is 2.30. The van der Waals surface area contributed by atoms with Crippen LogP contribution in [0.4, 0.5) is 0 Å². The van der Waals surface area contributed by atoms with Crippen molar-refractivity contribution < 1.29 is 27.8 Å². The Balaban J connectivity index is 2.88. The van der Waals surface area contributed by atoms with Gasteiger partial charge in [-0.05, 0) is 53.5 Å². The van der Waals surface area contributed by atoms with E-state index in [1.807, 2.05) is 41.5 Å². The van der Waals surface area contributed by atoms with E-state index in [1.165, 1.54) is 0 Å². The van der Waals surface area contributed by atoms with E-state index in [4.69, 9.17) is 27.8 Å². The lowest BCUT2D eigenvalue weighted by molar-refractivity contribution is -0.436. The third-order valence-corrected chi connectivity index (χ3v) is 7.81. The zero-order valence-corrected chi connectivity index (χ0v) is 19.0. The maximum Gasteiger partial charge on any atom is 0.365 e. The van der Waals surface area contributed by atoms with Crippen LogP contribution in [0.2, 0.25) is 6.55 Å². The maximum absolute atomic E-state index is 6.37. The van der Waals surface area contributed by atoms with E-state index in [2.05, 4.69) is 13.5 Å². The lowest BCUT2D eigenvalue weighted by Crippen LogP contribution is -2.56. The first-order valence-corrected chi connectivity index (χ1v) is 12.6. The first kappa shape index (κ1) is 24.0. The van der Waals surface area contributed by atoms with Gasteiger partial charge >= 0.3 is 8.56 Å². The van der Waals surface area contributed by atoms with Gasteiger partial charge in [0, 0.05) is 18.6 Å². The van der Waals surface area contributed by atoms with Gasteiger partial charge in [-0.1, -0.05) is 20.8 Å². The van der Waals surface area contributed by atoms with E-state index in [0.29, 0.717) is 26.1 Å². The third-order valence-electron chi connectivity index (χ3n) is 4.22. The molecule has 1 rings (SSSR count). The molecule has 26 heavy (non-hydrogen) atoms. The molecule has 0 radical (unpaired) electrons. The van der Waals surface area contributed by atoms with E-state index in [9.17, 15) is 0 Å². The average Bonchev–Trinajstić information content (AvgIpc) is 2.57. The predicted molar refractivity (Wildman–Crippen MR) is 104 cm³/mol. The van der Waals surface area contributed by atoms with Gasteiger partial charge in [0.1, 0.15) is 5.73 Å². The van der Waals surface area contributed by atoms with Crippen LogP contribution in [0.15, 0.2) is 0 Å². The molecule has 1 aliphatic rings. The standard InChI is InChI=1S/C19H40O6Si/c1-9-17(23-19(11-3)20-13-12-14-21-19)22-18(10-2)26(8,24-15(4)5)25-16(6)7/h15-18H,9-14H2,1-8H3. The van der Waals surface area contributed by atoms with Crippen molar-refractivity contribution in [1.29, 1.82) is 0 Å². The van der Waals surface area contributed by atoms with E-state index in [1.54, 1.807) is 0 Å². The van der Waals surface area contributed by atoms with Gasteiger partial charge in [-0.15, -0.1) is 0 Å². The van der Waals surface area contributed by atoms with Gasteiger partial charge in [0.05, 0.1) is 13.2 Å². The lowest BCUT2D eigenvalue weighted by Gasteiger charge is -2.41. The fourth-order valence-electron chi connectivity index (χ4n) is 3.21. The van der Waals surface area contributed by atoms with Gasteiger partial charge in [-0.2, -0.15) is 0 Å². The molecule has 156 valence electrons. The highest BCUT2D eigenvalue weighted by Gasteiger charge is 2.46. The smallest absolute Gasteiger partial charge is 0.365 e. The molecule has 0 N–H and O–H groups in total. The second kappa shape index (κ2) is 11.1. The Labute approximate surface area is 161 Å². The predicted octanol–water partition coefficient (Wildman–Crippen LogP) is 4.50. The monoisotopic (exact) mass is 392 g/mol. The van der Waals surface area contributed by atoms with Crippen LogP contribution in [0.1, 0.15) is 74.1 Å². The van der Waals surface area contributed by atoms with Crippen molar-refractivity contribution in [3.05, 3.63) is 0 Å². The minimum absolute atomic E-state index is 0.0797. The summed E-state index contributed by atoms with van der Waals surface area (Å²) < 4.78 is 36.7. The van der Waals surface area contributed by atoms with Crippen molar-refractivity contribution in [3.63, 3.8) is 0 Å². The van der Waals surface area contributed by atoms with Crippen molar-refractivity contribution in [2.24, 2.45) is 0 Å². The number of hydrogen-bond donors (Lipinski definition) is 0. The molecule has 0 amide bonds. The van der Waals surface area contributed by atoms with Gasteiger partial charge in [-0.25, -0.2) is 0 Å². The molecule has 0 saturated carbocycles. The molecule has 0 spiro atoms. The summed E-state index contributed by atoms with van der Waals surface area (Å²) in [6.07, 6.45) is 2.71. The summed E-state index contributed by atoms with van der Waals surface area (Å²) in [5, 5.41) is 0. The largest absolute Gasteiger partial charge is 0.390 e. The zero-order valence-electron chi connectivity index (χ0n) is 18.0. The molecule has 1 aliphatic heterocycles. The second-order valence-electron chi connectivity index (χ2n) is 7.42. The molecule has 1 heterocycles. The normalized spacial score (nSPS) is 20.5. The van der Waals surface area contributed by atoms with Crippen LogP contribution in [0.3, 0.4) is 0 Å². The van der Waals surface area contributed by atoms with Crippen molar-refractivity contribution >= 4 is 8.56 Å². The molecule has 1 fully saturated rings. The van der Waals surface area contributed by atoms with Gasteiger partial charge in [0.15, 0.2) is 6.29 Å².